The molecule has 0 saturated carbocycles. The van der Waals surface area contributed by atoms with Crippen LogP contribution in [0.1, 0.15) is 19.4 Å². The molecular weight excluding hydrogens is 262 g/mol. The van der Waals surface area contributed by atoms with Gasteiger partial charge in [-0.15, -0.1) is 0 Å². The van der Waals surface area contributed by atoms with E-state index >= 15 is 0 Å². The fourth-order valence-corrected chi connectivity index (χ4v) is 1.78. The van der Waals surface area contributed by atoms with Crippen molar-refractivity contribution >= 4 is 11.9 Å². The molecule has 1 aromatic carbocycles. The summed E-state index contributed by atoms with van der Waals surface area (Å²) in [7, 11) is 0. The molecule has 0 heterocycles. The van der Waals surface area contributed by atoms with E-state index in [0.29, 0.717) is 0 Å². The molecule has 0 N–H and O–H groups in total. The summed E-state index contributed by atoms with van der Waals surface area (Å²) in [5.74, 6) is 0. The molecule has 5 nitrogen and oxygen atoms in total. The van der Waals surface area contributed by atoms with Crippen LogP contribution >= 0.6 is 0 Å². The Balaban J connectivity index is 2.98. The zero-order chi connectivity index (χ0) is 15.7. The standard InChI is InChI=1S/C16H15N5/c1-3-21(4-2)15-7-5-13(6-8-15)12-20-16(11-19)14(9-17)10-18/h5-8,12H,3-4H2,1-2H3. The first-order valence-corrected chi connectivity index (χ1v) is 6.53. The minimum Gasteiger partial charge on any atom is -0.372 e. The van der Waals surface area contributed by atoms with Gasteiger partial charge in [0.1, 0.15) is 18.2 Å². The Bertz CT molecular complexity index is 643. The van der Waals surface area contributed by atoms with Gasteiger partial charge in [0, 0.05) is 25.0 Å². The van der Waals surface area contributed by atoms with E-state index < -0.39 is 0 Å². The van der Waals surface area contributed by atoms with Crippen molar-refractivity contribution in [2.75, 3.05) is 18.0 Å². The predicted octanol–water partition coefficient (Wildman–Crippen LogP) is 2.78. The quantitative estimate of drug-likeness (QED) is 0.611. The minimum atomic E-state index is -0.284. The van der Waals surface area contributed by atoms with Crippen LogP contribution in [0.3, 0.4) is 0 Å². The monoisotopic (exact) mass is 277 g/mol. The molecule has 0 spiro atoms. The van der Waals surface area contributed by atoms with Gasteiger partial charge in [-0.1, -0.05) is 12.1 Å². The van der Waals surface area contributed by atoms with Crippen LogP contribution in [-0.4, -0.2) is 19.3 Å². The van der Waals surface area contributed by atoms with Crippen LogP contribution < -0.4 is 4.90 Å². The summed E-state index contributed by atoms with van der Waals surface area (Å²) >= 11 is 0. The van der Waals surface area contributed by atoms with E-state index in [1.54, 1.807) is 18.2 Å². The molecule has 21 heavy (non-hydrogen) atoms. The van der Waals surface area contributed by atoms with Crippen molar-refractivity contribution in [3.05, 3.63) is 41.1 Å². The SMILES string of the molecule is CCN(CC)c1ccc(C=NC(C#N)=C(C#N)C#N)cc1. The first-order valence-electron chi connectivity index (χ1n) is 6.53. The van der Waals surface area contributed by atoms with Gasteiger partial charge < -0.3 is 4.90 Å². The molecule has 1 aromatic rings. The van der Waals surface area contributed by atoms with Gasteiger partial charge in [0.25, 0.3) is 0 Å². The van der Waals surface area contributed by atoms with Crippen LogP contribution in [0.4, 0.5) is 5.69 Å². The van der Waals surface area contributed by atoms with Crippen LogP contribution in [0.5, 0.6) is 0 Å². The summed E-state index contributed by atoms with van der Waals surface area (Å²) in [4.78, 5) is 6.12. The average molecular weight is 277 g/mol. The van der Waals surface area contributed by atoms with Crippen LogP contribution in [0, 0.1) is 34.0 Å². The smallest absolute Gasteiger partial charge is 0.168 e. The molecule has 5 heteroatoms. The van der Waals surface area contributed by atoms with E-state index in [4.69, 9.17) is 15.8 Å². The first kappa shape index (κ1) is 16.0. The molecular formula is C16H15N5. The van der Waals surface area contributed by atoms with Crippen molar-refractivity contribution in [2.24, 2.45) is 4.99 Å². The van der Waals surface area contributed by atoms with Gasteiger partial charge in [-0.3, -0.25) is 0 Å². The minimum absolute atomic E-state index is 0.173. The average Bonchev–Trinajstić information content (AvgIpc) is 2.54. The molecule has 104 valence electrons. The maximum atomic E-state index is 8.89. The lowest BCUT2D eigenvalue weighted by Gasteiger charge is -2.20. The van der Waals surface area contributed by atoms with E-state index in [0.717, 1.165) is 24.3 Å². The molecule has 0 aromatic heterocycles. The number of rotatable bonds is 5. The van der Waals surface area contributed by atoms with Gasteiger partial charge in [-0.25, -0.2) is 4.99 Å². The zero-order valence-corrected chi connectivity index (χ0v) is 12.0. The number of allylic oxidation sites excluding steroid dienone is 2. The summed E-state index contributed by atoms with van der Waals surface area (Å²) in [6.45, 7) is 6.04. The van der Waals surface area contributed by atoms with Crippen molar-refractivity contribution in [1.82, 2.24) is 0 Å². The molecule has 0 amide bonds. The molecule has 0 aliphatic heterocycles. The van der Waals surface area contributed by atoms with E-state index in [9.17, 15) is 0 Å². The summed E-state index contributed by atoms with van der Waals surface area (Å²) in [6.07, 6.45) is 1.47. The number of hydrogen-bond donors (Lipinski definition) is 0. The van der Waals surface area contributed by atoms with Crippen LogP contribution in [0.15, 0.2) is 40.5 Å². The predicted molar refractivity (Wildman–Crippen MR) is 81.5 cm³/mol. The maximum absolute atomic E-state index is 8.89. The second-order valence-corrected chi connectivity index (χ2v) is 4.08. The molecule has 0 saturated heterocycles. The van der Waals surface area contributed by atoms with Gasteiger partial charge >= 0.3 is 0 Å². The number of benzene rings is 1. The molecule has 0 bridgehead atoms. The van der Waals surface area contributed by atoms with E-state index in [1.165, 1.54) is 6.21 Å². The fraction of sp³-hybridized carbons (Fsp3) is 0.250. The van der Waals surface area contributed by atoms with Crippen molar-refractivity contribution in [3.8, 4) is 18.2 Å². The van der Waals surface area contributed by atoms with Gasteiger partial charge in [0.2, 0.25) is 0 Å². The van der Waals surface area contributed by atoms with Crippen LogP contribution in [0.2, 0.25) is 0 Å². The second kappa shape index (κ2) is 8.15. The molecule has 0 radical (unpaired) electrons. The lowest BCUT2D eigenvalue weighted by Crippen LogP contribution is -2.21. The highest BCUT2D eigenvalue weighted by molar-refractivity contribution is 5.81. The van der Waals surface area contributed by atoms with Gasteiger partial charge in [-0.2, -0.15) is 15.8 Å². The van der Waals surface area contributed by atoms with E-state index in [-0.39, 0.29) is 11.3 Å². The summed E-state index contributed by atoms with van der Waals surface area (Å²) in [5, 5.41) is 26.3. The highest BCUT2D eigenvalue weighted by Gasteiger charge is 2.03. The fourth-order valence-electron chi connectivity index (χ4n) is 1.78. The molecule has 0 unspecified atom stereocenters. The maximum Gasteiger partial charge on any atom is 0.168 e. The van der Waals surface area contributed by atoms with Crippen molar-refractivity contribution in [1.29, 1.82) is 15.8 Å². The van der Waals surface area contributed by atoms with Crippen LogP contribution in [-0.2, 0) is 0 Å². The lowest BCUT2D eigenvalue weighted by atomic mass is 10.2. The third kappa shape index (κ3) is 4.20. The summed E-state index contributed by atoms with van der Waals surface area (Å²) < 4.78 is 0. The Kier molecular flexibility index (Phi) is 6.19. The normalized spacial score (nSPS) is 9.48. The van der Waals surface area contributed by atoms with Gasteiger partial charge in [-0.05, 0) is 31.5 Å². The molecule has 0 aliphatic rings. The highest BCUT2D eigenvalue weighted by atomic mass is 15.1. The third-order valence-corrected chi connectivity index (χ3v) is 2.93. The lowest BCUT2D eigenvalue weighted by molar-refractivity contribution is 0.866. The number of hydrogen-bond acceptors (Lipinski definition) is 5. The van der Waals surface area contributed by atoms with E-state index in [1.807, 2.05) is 24.3 Å². The zero-order valence-electron chi connectivity index (χ0n) is 12.0. The Hall–Kier alpha value is -3.10. The van der Waals surface area contributed by atoms with Crippen molar-refractivity contribution < 1.29 is 0 Å². The molecule has 0 aliphatic carbocycles. The number of nitriles is 3. The van der Waals surface area contributed by atoms with Crippen LogP contribution in [0.25, 0.3) is 0 Å². The molecule has 0 fully saturated rings. The van der Waals surface area contributed by atoms with Gasteiger partial charge in [0.05, 0.1) is 0 Å². The van der Waals surface area contributed by atoms with Crippen molar-refractivity contribution in [3.63, 3.8) is 0 Å². The van der Waals surface area contributed by atoms with Gasteiger partial charge in [0.15, 0.2) is 11.3 Å². The molecule has 0 atom stereocenters. The Labute approximate surface area is 124 Å². The van der Waals surface area contributed by atoms with E-state index in [2.05, 4.69) is 23.7 Å². The molecule has 1 rings (SSSR count). The number of anilines is 1. The summed E-state index contributed by atoms with van der Waals surface area (Å²) in [5.41, 5.74) is 1.46. The largest absolute Gasteiger partial charge is 0.372 e. The Morgan fingerprint density at radius 2 is 1.62 bits per heavy atom. The third-order valence-electron chi connectivity index (χ3n) is 2.93. The Morgan fingerprint density at radius 3 is 2.05 bits per heavy atom. The van der Waals surface area contributed by atoms with Crippen molar-refractivity contribution in [2.45, 2.75) is 13.8 Å². The highest BCUT2D eigenvalue weighted by Crippen LogP contribution is 2.14. The second-order valence-electron chi connectivity index (χ2n) is 4.08. The number of aliphatic imine (C=N–C) groups is 1. The first-order chi connectivity index (χ1) is 10.2. The summed E-state index contributed by atoms with van der Waals surface area (Å²) in [6, 6.07) is 12.8. The topological polar surface area (TPSA) is 87.0 Å². The Morgan fingerprint density at radius 1 is 1.05 bits per heavy atom. The number of nitrogens with zero attached hydrogens (tertiary/aromatic N) is 5.